The van der Waals surface area contributed by atoms with E-state index in [1.807, 2.05) is 12.1 Å². The number of hydrogen-bond donors (Lipinski definition) is 1. The quantitative estimate of drug-likeness (QED) is 0.741. The van der Waals surface area contributed by atoms with Gasteiger partial charge in [-0.25, -0.2) is 0 Å². The summed E-state index contributed by atoms with van der Waals surface area (Å²) in [4.78, 5) is 0. The minimum atomic E-state index is 0.461. The van der Waals surface area contributed by atoms with Crippen molar-refractivity contribution < 1.29 is 4.74 Å². The highest BCUT2D eigenvalue weighted by atomic mass is 35.5. The molecule has 0 spiro atoms. The Morgan fingerprint density at radius 1 is 1.38 bits per heavy atom. The first kappa shape index (κ1) is 14.0. The summed E-state index contributed by atoms with van der Waals surface area (Å²) in [5.41, 5.74) is 0. The lowest BCUT2D eigenvalue weighted by Crippen LogP contribution is -2.13. The smallest absolute Gasteiger partial charge is 0.139 e. The zero-order valence-corrected chi connectivity index (χ0v) is 11.7. The van der Waals surface area contributed by atoms with Crippen molar-refractivity contribution in [2.75, 3.05) is 12.4 Å². The minimum Gasteiger partial charge on any atom is -0.492 e. The summed E-state index contributed by atoms with van der Waals surface area (Å²) in [6.45, 7) is 2.79. The molecule has 0 saturated carbocycles. The summed E-state index contributed by atoms with van der Waals surface area (Å²) in [6.07, 6.45) is 2.25. The molecule has 1 rings (SSSR count). The molecule has 0 heterocycles. The van der Waals surface area contributed by atoms with Gasteiger partial charge in [0.15, 0.2) is 0 Å². The van der Waals surface area contributed by atoms with Crippen LogP contribution in [0.2, 0.25) is 10.0 Å². The van der Waals surface area contributed by atoms with Crippen LogP contribution in [0.25, 0.3) is 0 Å². The Labute approximate surface area is 112 Å². The molecule has 4 heteroatoms. The molecule has 1 unspecified atom stereocenters. The molecule has 0 N–H and O–H groups in total. The Balaban J connectivity index is 2.56. The molecule has 1 aromatic carbocycles. The predicted molar refractivity (Wildman–Crippen MR) is 74.2 cm³/mol. The first-order valence-electron chi connectivity index (χ1n) is 5.36. The molecule has 16 heavy (non-hydrogen) atoms. The summed E-state index contributed by atoms with van der Waals surface area (Å²) in [5, 5.41) is 1.01. The molecular weight excluding hydrogens is 263 g/mol. The van der Waals surface area contributed by atoms with Crippen molar-refractivity contribution in [2.24, 2.45) is 5.92 Å². The van der Waals surface area contributed by atoms with Crippen LogP contribution in [0, 0.1) is 5.92 Å². The highest BCUT2D eigenvalue weighted by Crippen LogP contribution is 2.31. The Bertz CT molecular complexity index is 331. The van der Waals surface area contributed by atoms with Gasteiger partial charge in [0, 0.05) is 5.92 Å². The summed E-state index contributed by atoms with van der Waals surface area (Å²) < 4.78 is 5.66. The van der Waals surface area contributed by atoms with Gasteiger partial charge in [-0.2, -0.15) is 12.6 Å². The Kier molecular flexibility index (Phi) is 6.40. The van der Waals surface area contributed by atoms with E-state index in [1.165, 1.54) is 0 Å². The second-order valence-electron chi connectivity index (χ2n) is 3.70. The molecule has 0 aromatic heterocycles. The average molecular weight is 279 g/mol. The third-order valence-corrected chi connectivity index (χ3v) is 3.66. The zero-order valence-electron chi connectivity index (χ0n) is 9.25. The maximum absolute atomic E-state index is 6.02. The topological polar surface area (TPSA) is 9.23 Å². The van der Waals surface area contributed by atoms with E-state index in [0.717, 1.165) is 18.6 Å². The van der Waals surface area contributed by atoms with E-state index in [1.54, 1.807) is 6.07 Å². The molecule has 0 amide bonds. The van der Waals surface area contributed by atoms with Crippen LogP contribution in [-0.4, -0.2) is 12.4 Å². The summed E-state index contributed by atoms with van der Waals surface area (Å²) in [6, 6.07) is 5.41. The van der Waals surface area contributed by atoms with E-state index in [-0.39, 0.29) is 0 Å². The Hall–Kier alpha value is -0.0500. The molecule has 1 aromatic rings. The molecule has 0 aliphatic heterocycles. The van der Waals surface area contributed by atoms with E-state index >= 15 is 0 Å². The molecule has 0 aliphatic rings. The van der Waals surface area contributed by atoms with Crippen molar-refractivity contribution >= 4 is 35.8 Å². The van der Waals surface area contributed by atoms with Crippen molar-refractivity contribution in [1.29, 1.82) is 0 Å². The van der Waals surface area contributed by atoms with Gasteiger partial charge in [-0.15, -0.1) is 0 Å². The minimum absolute atomic E-state index is 0.461. The van der Waals surface area contributed by atoms with E-state index < -0.39 is 0 Å². The van der Waals surface area contributed by atoms with Gasteiger partial charge in [0.05, 0.1) is 11.6 Å². The highest BCUT2D eigenvalue weighted by molar-refractivity contribution is 7.80. The number of benzene rings is 1. The second-order valence-corrected chi connectivity index (χ2v) is 4.85. The van der Waals surface area contributed by atoms with Gasteiger partial charge < -0.3 is 4.74 Å². The van der Waals surface area contributed by atoms with Crippen molar-refractivity contribution in [3.05, 3.63) is 28.2 Å². The van der Waals surface area contributed by atoms with Crippen molar-refractivity contribution in [2.45, 2.75) is 19.8 Å². The first-order chi connectivity index (χ1) is 7.69. The maximum Gasteiger partial charge on any atom is 0.139 e. The Morgan fingerprint density at radius 2 is 2.12 bits per heavy atom. The predicted octanol–water partition coefficient (Wildman–Crippen LogP) is 4.72. The summed E-state index contributed by atoms with van der Waals surface area (Å²) in [5.74, 6) is 1.94. The molecular formula is C12H16Cl2OS. The van der Waals surface area contributed by atoms with Gasteiger partial charge in [0.1, 0.15) is 10.8 Å². The standard InChI is InChI=1S/C12H16Cl2OS/c1-2-4-9(8-16)7-15-11-6-3-5-10(13)12(11)14/h3,5-6,9,16H,2,4,7-8H2,1H3. The number of ether oxygens (including phenoxy) is 1. The van der Waals surface area contributed by atoms with Crippen molar-refractivity contribution in [3.63, 3.8) is 0 Å². The molecule has 1 atom stereocenters. The van der Waals surface area contributed by atoms with E-state index in [4.69, 9.17) is 27.9 Å². The van der Waals surface area contributed by atoms with Crippen LogP contribution in [0.5, 0.6) is 5.75 Å². The molecule has 0 aliphatic carbocycles. The monoisotopic (exact) mass is 278 g/mol. The molecule has 0 saturated heterocycles. The number of rotatable bonds is 6. The van der Waals surface area contributed by atoms with Gasteiger partial charge in [0.2, 0.25) is 0 Å². The average Bonchev–Trinajstić information content (AvgIpc) is 2.29. The van der Waals surface area contributed by atoms with Crippen molar-refractivity contribution in [3.8, 4) is 5.75 Å². The van der Waals surface area contributed by atoms with Crippen molar-refractivity contribution in [1.82, 2.24) is 0 Å². The number of hydrogen-bond acceptors (Lipinski definition) is 2. The largest absolute Gasteiger partial charge is 0.492 e. The van der Waals surface area contributed by atoms with Gasteiger partial charge in [-0.3, -0.25) is 0 Å². The van der Waals surface area contributed by atoms with Gasteiger partial charge >= 0.3 is 0 Å². The fourth-order valence-corrected chi connectivity index (χ4v) is 2.07. The fraction of sp³-hybridized carbons (Fsp3) is 0.500. The third-order valence-electron chi connectivity index (χ3n) is 2.35. The molecule has 0 fully saturated rings. The van der Waals surface area contributed by atoms with Crippen LogP contribution < -0.4 is 4.74 Å². The number of thiol groups is 1. The zero-order chi connectivity index (χ0) is 12.0. The molecule has 1 nitrogen and oxygen atoms in total. The maximum atomic E-state index is 6.02. The third kappa shape index (κ3) is 4.08. The Morgan fingerprint density at radius 3 is 2.75 bits per heavy atom. The lowest BCUT2D eigenvalue weighted by atomic mass is 10.1. The van der Waals surface area contributed by atoms with Gasteiger partial charge in [-0.05, 0) is 24.3 Å². The van der Waals surface area contributed by atoms with Crippen LogP contribution in [0.4, 0.5) is 0 Å². The van der Waals surface area contributed by atoms with Crippen LogP contribution in [-0.2, 0) is 0 Å². The van der Waals surface area contributed by atoms with E-state index in [2.05, 4.69) is 19.6 Å². The van der Waals surface area contributed by atoms with E-state index in [0.29, 0.717) is 28.3 Å². The first-order valence-corrected chi connectivity index (χ1v) is 6.75. The van der Waals surface area contributed by atoms with Crippen LogP contribution in [0.3, 0.4) is 0 Å². The van der Waals surface area contributed by atoms with Gasteiger partial charge in [0.25, 0.3) is 0 Å². The highest BCUT2D eigenvalue weighted by Gasteiger charge is 2.09. The lowest BCUT2D eigenvalue weighted by Gasteiger charge is -2.15. The molecule has 0 bridgehead atoms. The normalized spacial score (nSPS) is 12.5. The fourth-order valence-electron chi connectivity index (χ4n) is 1.44. The van der Waals surface area contributed by atoms with Crippen LogP contribution in [0.15, 0.2) is 18.2 Å². The summed E-state index contributed by atoms with van der Waals surface area (Å²) >= 11 is 16.2. The summed E-state index contributed by atoms with van der Waals surface area (Å²) in [7, 11) is 0. The molecule has 90 valence electrons. The van der Waals surface area contributed by atoms with E-state index in [9.17, 15) is 0 Å². The number of halogens is 2. The van der Waals surface area contributed by atoms with Crippen LogP contribution in [0.1, 0.15) is 19.8 Å². The van der Waals surface area contributed by atoms with Crippen LogP contribution >= 0.6 is 35.8 Å². The van der Waals surface area contributed by atoms with Gasteiger partial charge in [-0.1, -0.05) is 42.6 Å². The lowest BCUT2D eigenvalue weighted by molar-refractivity contribution is 0.255. The second kappa shape index (κ2) is 7.31. The SMILES string of the molecule is CCCC(CS)COc1cccc(Cl)c1Cl. The molecule has 0 radical (unpaired) electrons.